The van der Waals surface area contributed by atoms with Crippen molar-refractivity contribution in [3.8, 4) is 0 Å². The molecule has 0 spiro atoms. The van der Waals surface area contributed by atoms with Crippen molar-refractivity contribution in [2.24, 2.45) is 0 Å². The number of halogens is 1. The Labute approximate surface area is 64.9 Å². The van der Waals surface area contributed by atoms with Gasteiger partial charge in [0.1, 0.15) is 6.10 Å². The number of ether oxygens (including phenoxy) is 2. The number of hydrogen-bond acceptors (Lipinski definition) is 3. The summed E-state index contributed by atoms with van der Waals surface area (Å²) < 4.78 is 9.94. The first-order valence-electron chi connectivity index (χ1n) is 3.26. The topological polar surface area (TPSA) is 42.0 Å². The third kappa shape index (κ3) is 3.37. The Morgan fingerprint density at radius 2 is 2.50 bits per heavy atom. The molecule has 2 unspecified atom stereocenters. The lowest BCUT2D eigenvalue weighted by Crippen LogP contribution is -2.18. The van der Waals surface area contributed by atoms with Crippen LogP contribution < -0.4 is 0 Å². The minimum atomic E-state index is -0.541. The van der Waals surface area contributed by atoms with Crippen molar-refractivity contribution in [3.05, 3.63) is 0 Å². The van der Waals surface area contributed by atoms with Crippen molar-refractivity contribution < 1.29 is 14.6 Å². The minimum Gasteiger partial charge on any atom is -0.389 e. The SMILES string of the molecule is OC(CCl)COCC1CO1. The number of rotatable bonds is 5. The first kappa shape index (κ1) is 8.27. The van der Waals surface area contributed by atoms with Gasteiger partial charge in [0.05, 0.1) is 31.8 Å². The Kier molecular flexibility index (Phi) is 3.42. The van der Waals surface area contributed by atoms with E-state index in [4.69, 9.17) is 26.2 Å². The highest BCUT2D eigenvalue weighted by Gasteiger charge is 2.22. The van der Waals surface area contributed by atoms with Gasteiger partial charge in [-0.25, -0.2) is 0 Å². The fraction of sp³-hybridized carbons (Fsp3) is 1.00. The fourth-order valence-corrected chi connectivity index (χ4v) is 0.633. The van der Waals surface area contributed by atoms with Crippen LogP contribution in [-0.4, -0.2) is 43.0 Å². The normalized spacial score (nSPS) is 26.4. The summed E-state index contributed by atoms with van der Waals surface area (Å²) >= 11 is 5.32. The van der Waals surface area contributed by atoms with E-state index in [-0.39, 0.29) is 12.0 Å². The lowest BCUT2D eigenvalue weighted by molar-refractivity contribution is 0.0408. The lowest BCUT2D eigenvalue weighted by Gasteiger charge is -2.05. The van der Waals surface area contributed by atoms with Crippen molar-refractivity contribution in [1.82, 2.24) is 0 Å². The second kappa shape index (κ2) is 4.13. The summed E-state index contributed by atoms with van der Waals surface area (Å²) in [4.78, 5) is 0. The molecule has 1 fully saturated rings. The van der Waals surface area contributed by atoms with Crippen LogP contribution in [0, 0.1) is 0 Å². The van der Waals surface area contributed by atoms with Gasteiger partial charge in [-0.3, -0.25) is 0 Å². The summed E-state index contributed by atoms with van der Waals surface area (Å²) in [6.07, 6.45) is -0.275. The van der Waals surface area contributed by atoms with Crippen molar-refractivity contribution >= 4 is 11.6 Å². The number of aliphatic hydroxyl groups is 1. The third-order valence-corrected chi connectivity index (χ3v) is 1.55. The molecule has 60 valence electrons. The Hall–Kier alpha value is 0.170. The molecule has 0 radical (unpaired) electrons. The molecule has 2 atom stereocenters. The maximum Gasteiger partial charge on any atom is 0.104 e. The smallest absolute Gasteiger partial charge is 0.104 e. The number of hydrogen-bond donors (Lipinski definition) is 1. The molecule has 3 nitrogen and oxygen atoms in total. The van der Waals surface area contributed by atoms with Crippen LogP contribution in [0.25, 0.3) is 0 Å². The Balaban J connectivity index is 1.83. The second-order valence-electron chi connectivity index (χ2n) is 2.30. The standard InChI is InChI=1S/C6H11ClO3/c7-1-5(8)2-9-3-6-4-10-6/h5-6,8H,1-4H2. The van der Waals surface area contributed by atoms with Crippen LogP contribution in [0.4, 0.5) is 0 Å². The van der Waals surface area contributed by atoms with E-state index in [1.54, 1.807) is 0 Å². The molecule has 1 heterocycles. The lowest BCUT2D eigenvalue weighted by atomic mass is 10.4. The van der Waals surface area contributed by atoms with Gasteiger partial charge in [0.2, 0.25) is 0 Å². The molecule has 0 amide bonds. The average Bonchev–Trinajstić information content (AvgIpc) is 2.71. The summed E-state index contributed by atoms with van der Waals surface area (Å²) in [5, 5.41) is 8.89. The van der Waals surface area contributed by atoms with E-state index in [9.17, 15) is 0 Å². The molecular formula is C6H11ClO3. The molecule has 0 saturated carbocycles. The fourth-order valence-electron chi connectivity index (χ4n) is 0.544. The summed E-state index contributed by atoms with van der Waals surface area (Å²) in [5.41, 5.74) is 0. The van der Waals surface area contributed by atoms with Gasteiger partial charge in [0.25, 0.3) is 0 Å². The second-order valence-corrected chi connectivity index (χ2v) is 2.61. The van der Waals surface area contributed by atoms with E-state index < -0.39 is 6.10 Å². The van der Waals surface area contributed by atoms with Gasteiger partial charge >= 0.3 is 0 Å². The van der Waals surface area contributed by atoms with Gasteiger partial charge in [-0.15, -0.1) is 11.6 Å². The van der Waals surface area contributed by atoms with Crippen LogP contribution >= 0.6 is 11.6 Å². The van der Waals surface area contributed by atoms with Gasteiger partial charge in [-0.05, 0) is 0 Å². The van der Waals surface area contributed by atoms with E-state index in [2.05, 4.69) is 0 Å². The summed E-state index contributed by atoms with van der Waals surface area (Å²) in [7, 11) is 0. The van der Waals surface area contributed by atoms with Crippen molar-refractivity contribution in [3.63, 3.8) is 0 Å². The van der Waals surface area contributed by atoms with Crippen molar-refractivity contribution in [1.29, 1.82) is 0 Å². The van der Waals surface area contributed by atoms with Gasteiger partial charge < -0.3 is 14.6 Å². The Morgan fingerprint density at radius 1 is 1.80 bits per heavy atom. The minimum absolute atomic E-state index is 0.228. The number of alkyl halides is 1. The molecule has 1 saturated heterocycles. The van der Waals surface area contributed by atoms with E-state index in [0.717, 1.165) is 6.61 Å². The van der Waals surface area contributed by atoms with E-state index in [0.29, 0.717) is 13.2 Å². The molecule has 4 heteroatoms. The first-order chi connectivity index (χ1) is 4.83. The maximum atomic E-state index is 8.89. The highest BCUT2D eigenvalue weighted by molar-refractivity contribution is 6.18. The highest BCUT2D eigenvalue weighted by atomic mass is 35.5. The Morgan fingerprint density at radius 3 is 3.00 bits per heavy atom. The highest BCUT2D eigenvalue weighted by Crippen LogP contribution is 2.08. The van der Waals surface area contributed by atoms with Crippen LogP contribution in [-0.2, 0) is 9.47 Å². The van der Waals surface area contributed by atoms with Gasteiger partial charge in [0.15, 0.2) is 0 Å². The summed E-state index contributed by atoms with van der Waals surface area (Å²) in [5.74, 6) is 0.228. The molecule has 1 N–H and O–H groups in total. The average molecular weight is 167 g/mol. The molecule has 10 heavy (non-hydrogen) atoms. The van der Waals surface area contributed by atoms with E-state index in [1.807, 2.05) is 0 Å². The van der Waals surface area contributed by atoms with Gasteiger partial charge in [-0.1, -0.05) is 0 Å². The number of aliphatic hydroxyl groups excluding tert-OH is 1. The molecule has 0 bridgehead atoms. The molecule has 0 aromatic heterocycles. The molecule has 1 aliphatic heterocycles. The zero-order chi connectivity index (χ0) is 7.40. The monoisotopic (exact) mass is 166 g/mol. The summed E-state index contributed by atoms with van der Waals surface area (Å²) in [6.45, 7) is 1.67. The van der Waals surface area contributed by atoms with Crippen molar-refractivity contribution in [2.75, 3.05) is 25.7 Å². The van der Waals surface area contributed by atoms with E-state index in [1.165, 1.54) is 0 Å². The predicted octanol–water partition coefficient (Wildman–Crippen LogP) is 0.00150. The molecule has 1 aliphatic rings. The maximum absolute atomic E-state index is 8.89. The largest absolute Gasteiger partial charge is 0.389 e. The van der Waals surface area contributed by atoms with Crippen LogP contribution in [0.5, 0.6) is 0 Å². The Bertz CT molecular complexity index is 95.0. The molecule has 0 aromatic rings. The molecular weight excluding hydrogens is 156 g/mol. The van der Waals surface area contributed by atoms with Gasteiger partial charge in [0, 0.05) is 0 Å². The van der Waals surface area contributed by atoms with Crippen LogP contribution in [0.3, 0.4) is 0 Å². The van der Waals surface area contributed by atoms with E-state index >= 15 is 0 Å². The van der Waals surface area contributed by atoms with Gasteiger partial charge in [-0.2, -0.15) is 0 Å². The third-order valence-electron chi connectivity index (χ3n) is 1.19. The van der Waals surface area contributed by atoms with Crippen LogP contribution in [0.15, 0.2) is 0 Å². The zero-order valence-electron chi connectivity index (χ0n) is 5.62. The van der Waals surface area contributed by atoms with Crippen LogP contribution in [0.2, 0.25) is 0 Å². The number of epoxide rings is 1. The summed E-state index contributed by atoms with van der Waals surface area (Å²) in [6, 6.07) is 0. The molecule has 1 rings (SSSR count). The molecule has 0 aromatic carbocycles. The van der Waals surface area contributed by atoms with Crippen molar-refractivity contribution in [2.45, 2.75) is 12.2 Å². The molecule has 0 aliphatic carbocycles. The first-order valence-corrected chi connectivity index (χ1v) is 3.79. The quantitative estimate of drug-likeness (QED) is 0.462. The zero-order valence-corrected chi connectivity index (χ0v) is 6.38. The van der Waals surface area contributed by atoms with Crippen LogP contribution in [0.1, 0.15) is 0 Å². The predicted molar refractivity (Wildman–Crippen MR) is 37.3 cm³/mol.